The molecule has 1 fully saturated rings. The lowest BCUT2D eigenvalue weighted by Crippen LogP contribution is -2.29. The summed E-state index contributed by atoms with van der Waals surface area (Å²) >= 11 is 1.17. The van der Waals surface area contributed by atoms with Gasteiger partial charge in [-0.05, 0) is 19.4 Å². The van der Waals surface area contributed by atoms with Gasteiger partial charge in [0.2, 0.25) is 5.13 Å². The van der Waals surface area contributed by atoms with Crippen LogP contribution in [0.5, 0.6) is 0 Å². The second kappa shape index (κ2) is 7.01. The van der Waals surface area contributed by atoms with Crippen LogP contribution in [0.3, 0.4) is 0 Å². The lowest BCUT2D eigenvalue weighted by molar-refractivity contribution is -0.132. The highest BCUT2D eigenvalue weighted by Crippen LogP contribution is 2.42. The Labute approximate surface area is 165 Å². The Morgan fingerprint density at radius 3 is 2.18 bits per heavy atom. The van der Waals surface area contributed by atoms with E-state index in [4.69, 9.17) is 0 Å². The number of Topliss-reactive ketones (excluding diaryl/α,β-unsaturated/α-hetero) is 1. The first-order valence-corrected chi connectivity index (χ1v) is 9.56. The van der Waals surface area contributed by atoms with Crippen LogP contribution in [0.25, 0.3) is 5.76 Å². The number of aliphatic hydroxyl groups is 1. The van der Waals surface area contributed by atoms with E-state index in [2.05, 4.69) is 10.2 Å². The minimum absolute atomic E-state index is 0.0490. The first-order valence-electron chi connectivity index (χ1n) is 8.68. The van der Waals surface area contributed by atoms with Crippen LogP contribution in [-0.4, -0.2) is 27.0 Å². The number of carbonyl (C=O) groups excluding carboxylic acids is 2. The van der Waals surface area contributed by atoms with E-state index in [1.54, 1.807) is 12.1 Å². The molecule has 3 aromatic rings. The average molecular weight is 391 g/mol. The number of rotatable bonds is 3. The van der Waals surface area contributed by atoms with E-state index in [1.807, 2.05) is 50.2 Å². The van der Waals surface area contributed by atoms with E-state index in [0.717, 1.165) is 11.1 Å². The minimum atomic E-state index is -0.769. The van der Waals surface area contributed by atoms with Gasteiger partial charge in [0.1, 0.15) is 11.3 Å². The number of aryl methyl sites for hydroxylation is 2. The number of hydrogen-bond donors (Lipinski definition) is 1. The van der Waals surface area contributed by atoms with Crippen molar-refractivity contribution in [3.8, 4) is 0 Å². The lowest BCUT2D eigenvalue weighted by Gasteiger charge is -2.22. The number of nitrogens with zero attached hydrogens (tertiary/aromatic N) is 3. The van der Waals surface area contributed by atoms with E-state index in [1.165, 1.54) is 21.7 Å². The third kappa shape index (κ3) is 2.99. The summed E-state index contributed by atoms with van der Waals surface area (Å²) in [4.78, 5) is 27.0. The highest BCUT2D eigenvalue weighted by Gasteiger charge is 2.48. The maximum absolute atomic E-state index is 12.9. The monoisotopic (exact) mass is 391 g/mol. The molecule has 2 heterocycles. The molecule has 1 aromatic heterocycles. The van der Waals surface area contributed by atoms with Crippen molar-refractivity contribution in [2.45, 2.75) is 19.9 Å². The molecule has 0 radical (unpaired) electrons. The molecular formula is C21H17N3O3S. The molecule has 4 rings (SSSR count). The predicted molar refractivity (Wildman–Crippen MR) is 107 cm³/mol. The summed E-state index contributed by atoms with van der Waals surface area (Å²) in [5.74, 6) is -1.66. The first-order chi connectivity index (χ1) is 13.5. The number of ketones is 1. The molecule has 2 aromatic carbocycles. The zero-order valence-electron chi connectivity index (χ0n) is 15.3. The maximum Gasteiger partial charge on any atom is 0.301 e. The SMILES string of the molecule is Cc1ccc(/C(O)=C2/C(=O)C(=O)N(c3nncs3)C2c2ccc(C)cc2)cc1. The van der Waals surface area contributed by atoms with Crippen LogP contribution in [0, 0.1) is 13.8 Å². The van der Waals surface area contributed by atoms with E-state index in [-0.39, 0.29) is 11.3 Å². The first kappa shape index (κ1) is 18.1. The van der Waals surface area contributed by atoms with Gasteiger partial charge < -0.3 is 5.11 Å². The molecule has 28 heavy (non-hydrogen) atoms. The van der Waals surface area contributed by atoms with Gasteiger partial charge in [0.15, 0.2) is 0 Å². The molecule has 1 N–H and O–H groups in total. The zero-order valence-corrected chi connectivity index (χ0v) is 16.1. The topological polar surface area (TPSA) is 83.4 Å². The highest BCUT2D eigenvalue weighted by atomic mass is 32.1. The van der Waals surface area contributed by atoms with E-state index >= 15 is 0 Å². The van der Waals surface area contributed by atoms with Crippen molar-refractivity contribution in [3.63, 3.8) is 0 Å². The molecule has 6 nitrogen and oxygen atoms in total. The summed E-state index contributed by atoms with van der Waals surface area (Å²) < 4.78 is 0. The van der Waals surface area contributed by atoms with Gasteiger partial charge in [-0.3, -0.25) is 14.5 Å². The van der Waals surface area contributed by atoms with Crippen LogP contribution in [0.15, 0.2) is 59.6 Å². The van der Waals surface area contributed by atoms with Gasteiger partial charge in [-0.25, -0.2) is 0 Å². The summed E-state index contributed by atoms with van der Waals surface area (Å²) in [7, 11) is 0. The quantitative estimate of drug-likeness (QED) is 0.417. The molecule has 1 atom stereocenters. The van der Waals surface area contributed by atoms with E-state index in [0.29, 0.717) is 16.3 Å². The normalized spacial score (nSPS) is 18.6. The van der Waals surface area contributed by atoms with Crippen LogP contribution in [-0.2, 0) is 9.59 Å². The van der Waals surface area contributed by atoms with Gasteiger partial charge in [0.25, 0.3) is 5.78 Å². The Balaban J connectivity index is 1.93. The minimum Gasteiger partial charge on any atom is -0.507 e. The molecule has 0 aliphatic carbocycles. The van der Waals surface area contributed by atoms with Crippen LogP contribution in [0.4, 0.5) is 5.13 Å². The molecular weight excluding hydrogens is 374 g/mol. The smallest absolute Gasteiger partial charge is 0.301 e. The third-order valence-electron chi connectivity index (χ3n) is 4.72. The Kier molecular flexibility index (Phi) is 4.52. The molecule has 1 unspecified atom stereocenters. The molecule has 0 bridgehead atoms. The highest BCUT2D eigenvalue weighted by molar-refractivity contribution is 7.13. The Bertz CT molecular complexity index is 1070. The molecule has 1 aliphatic heterocycles. The van der Waals surface area contributed by atoms with Crippen molar-refractivity contribution in [2.24, 2.45) is 0 Å². The third-order valence-corrected chi connectivity index (χ3v) is 5.41. The summed E-state index contributed by atoms with van der Waals surface area (Å²) in [5, 5.41) is 19.0. The lowest BCUT2D eigenvalue weighted by atomic mass is 9.94. The van der Waals surface area contributed by atoms with Crippen molar-refractivity contribution in [3.05, 3.63) is 81.9 Å². The fourth-order valence-electron chi connectivity index (χ4n) is 3.23. The maximum atomic E-state index is 12.9. The number of carbonyl (C=O) groups is 2. The number of hydrogen-bond acceptors (Lipinski definition) is 6. The van der Waals surface area contributed by atoms with Crippen molar-refractivity contribution in [1.82, 2.24) is 10.2 Å². The summed E-state index contributed by atoms with van der Waals surface area (Å²) in [5.41, 5.74) is 4.83. The largest absolute Gasteiger partial charge is 0.507 e. The number of aromatic nitrogens is 2. The molecule has 0 spiro atoms. The van der Waals surface area contributed by atoms with Crippen molar-refractivity contribution in [2.75, 3.05) is 4.90 Å². The summed E-state index contributed by atoms with van der Waals surface area (Å²) in [6, 6.07) is 13.9. The Morgan fingerprint density at radius 2 is 1.61 bits per heavy atom. The number of aliphatic hydroxyl groups excluding tert-OH is 1. The fourth-order valence-corrected chi connectivity index (χ4v) is 3.82. The van der Waals surface area contributed by atoms with E-state index < -0.39 is 17.7 Å². The molecule has 1 amide bonds. The number of amides is 1. The van der Waals surface area contributed by atoms with Gasteiger partial charge in [-0.1, -0.05) is 71.0 Å². The number of benzene rings is 2. The molecule has 1 aliphatic rings. The van der Waals surface area contributed by atoms with Gasteiger partial charge in [0.05, 0.1) is 11.6 Å². The van der Waals surface area contributed by atoms with Crippen molar-refractivity contribution >= 4 is 33.9 Å². The van der Waals surface area contributed by atoms with Crippen LogP contribution in [0.2, 0.25) is 0 Å². The zero-order chi connectivity index (χ0) is 19.8. The summed E-state index contributed by atoms with van der Waals surface area (Å²) in [6.07, 6.45) is 0. The van der Waals surface area contributed by atoms with E-state index in [9.17, 15) is 14.7 Å². The Hall–Kier alpha value is -3.32. The van der Waals surface area contributed by atoms with Crippen molar-refractivity contribution in [1.29, 1.82) is 0 Å². The van der Waals surface area contributed by atoms with Crippen LogP contribution >= 0.6 is 11.3 Å². The average Bonchev–Trinajstić information content (AvgIpc) is 3.30. The summed E-state index contributed by atoms with van der Waals surface area (Å²) in [6.45, 7) is 3.89. The van der Waals surface area contributed by atoms with Gasteiger partial charge in [-0.2, -0.15) is 0 Å². The van der Waals surface area contributed by atoms with Crippen LogP contribution in [0.1, 0.15) is 28.3 Å². The number of anilines is 1. The molecule has 140 valence electrons. The second-order valence-corrected chi connectivity index (χ2v) is 7.48. The van der Waals surface area contributed by atoms with Crippen molar-refractivity contribution < 1.29 is 14.7 Å². The fraction of sp³-hybridized carbons (Fsp3) is 0.143. The molecule has 7 heteroatoms. The predicted octanol–water partition coefficient (Wildman–Crippen LogP) is 3.78. The standard InChI is InChI=1S/C21H17N3O3S/c1-12-3-7-14(8-4-12)17-16(18(25)15-9-5-13(2)6-10-15)19(26)20(27)24(17)21-23-22-11-28-21/h3-11,17,25H,1-2H3/b18-16-. The van der Waals surface area contributed by atoms with Gasteiger partial charge >= 0.3 is 5.91 Å². The second-order valence-electron chi connectivity index (χ2n) is 6.67. The van der Waals surface area contributed by atoms with Gasteiger partial charge in [0, 0.05) is 5.56 Å². The van der Waals surface area contributed by atoms with Crippen LogP contribution < -0.4 is 4.90 Å². The van der Waals surface area contributed by atoms with Gasteiger partial charge in [-0.15, -0.1) is 10.2 Å². The molecule has 0 saturated carbocycles. The Morgan fingerprint density at radius 1 is 1.00 bits per heavy atom. The molecule has 1 saturated heterocycles.